The van der Waals surface area contributed by atoms with Gasteiger partial charge >= 0.3 is 0 Å². The van der Waals surface area contributed by atoms with Gasteiger partial charge in [-0.15, -0.1) is 0 Å². The molecule has 0 aliphatic carbocycles. The van der Waals surface area contributed by atoms with Crippen molar-refractivity contribution < 1.29 is 4.79 Å². The lowest BCUT2D eigenvalue weighted by molar-refractivity contribution is -0.136. The number of imidazole rings is 1. The van der Waals surface area contributed by atoms with Gasteiger partial charge < -0.3 is 15.6 Å². The lowest BCUT2D eigenvalue weighted by Crippen LogP contribution is -2.52. The first-order valence-electron chi connectivity index (χ1n) is 8.35. The molecule has 1 aliphatic rings. The number of rotatable bonds is 2. The van der Waals surface area contributed by atoms with Crippen LogP contribution in [0.3, 0.4) is 0 Å². The van der Waals surface area contributed by atoms with E-state index in [1.54, 1.807) is 0 Å². The van der Waals surface area contributed by atoms with E-state index in [-0.39, 0.29) is 17.2 Å². The van der Waals surface area contributed by atoms with Gasteiger partial charge in [-0.05, 0) is 30.4 Å². The molecule has 1 aromatic carbocycles. The van der Waals surface area contributed by atoms with Gasteiger partial charge in [0.15, 0.2) is 0 Å². The van der Waals surface area contributed by atoms with Gasteiger partial charge in [0, 0.05) is 19.0 Å². The standard InChI is InChI=1S/C18H26N4O/c1-18(2,3)15(19)17(23)22-10-6-7-12(11-22)16-20-13-8-4-5-9-14(13)21-16/h4-5,8-9,12,15H,6-7,10-11,19H2,1-3H3,(H,20,21)/t12?,15-/m1/s1. The number of fused-ring (bicyclic) bond motifs is 1. The fourth-order valence-electron chi connectivity index (χ4n) is 3.13. The molecule has 23 heavy (non-hydrogen) atoms. The molecule has 2 heterocycles. The lowest BCUT2D eigenvalue weighted by atomic mass is 9.85. The molecule has 5 heteroatoms. The summed E-state index contributed by atoms with van der Waals surface area (Å²) in [5, 5.41) is 0. The highest BCUT2D eigenvalue weighted by molar-refractivity contribution is 5.82. The summed E-state index contributed by atoms with van der Waals surface area (Å²) in [7, 11) is 0. The summed E-state index contributed by atoms with van der Waals surface area (Å²) in [4.78, 5) is 22.7. The number of likely N-dealkylation sites (tertiary alicyclic amines) is 1. The van der Waals surface area contributed by atoms with E-state index in [4.69, 9.17) is 10.7 Å². The topological polar surface area (TPSA) is 75.0 Å². The van der Waals surface area contributed by atoms with Crippen molar-refractivity contribution in [3.05, 3.63) is 30.1 Å². The Morgan fingerprint density at radius 2 is 2.13 bits per heavy atom. The number of hydrogen-bond acceptors (Lipinski definition) is 3. The van der Waals surface area contributed by atoms with Crippen molar-refractivity contribution in [3.63, 3.8) is 0 Å². The Kier molecular flexibility index (Phi) is 4.15. The average Bonchev–Trinajstić information content (AvgIpc) is 2.97. The number of carbonyl (C=O) groups is 1. The molecule has 1 saturated heterocycles. The van der Waals surface area contributed by atoms with Crippen molar-refractivity contribution in [2.75, 3.05) is 13.1 Å². The molecule has 1 unspecified atom stereocenters. The zero-order valence-corrected chi connectivity index (χ0v) is 14.2. The van der Waals surface area contributed by atoms with Crippen LogP contribution in [0.4, 0.5) is 0 Å². The molecule has 1 fully saturated rings. The maximum Gasteiger partial charge on any atom is 0.240 e. The number of nitrogens with zero attached hydrogens (tertiary/aromatic N) is 2. The summed E-state index contributed by atoms with van der Waals surface area (Å²) in [6.07, 6.45) is 2.04. The van der Waals surface area contributed by atoms with Crippen molar-refractivity contribution in [2.45, 2.75) is 45.6 Å². The molecule has 124 valence electrons. The van der Waals surface area contributed by atoms with Crippen LogP contribution in [0.5, 0.6) is 0 Å². The highest BCUT2D eigenvalue weighted by Crippen LogP contribution is 2.28. The fourth-order valence-corrected chi connectivity index (χ4v) is 3.13. The minimum atomic E-state index is -0.461. The number of amides is 1. The zero-order chi connectivity index (χ0) is 16.6. The Morgan fingerprint density at radius 1 is 1.39 bits per heavy atom. The quantitative estimate of drug-likeness (QED) is 0.895. The van der Waals surface area contributed by atoms with E-state index in [1.807, 2.05) is 49.9 Å². The van der Waals surface area contributed by atoms with E-state index in [0.717, 1.165) is 36.2 Å². The van der Waals surface area contributed by atoms with Gasteiger partial charge in [0.2, 0.25) is 5.91 Å². The normalized spacial score (nSPS) is 20.7. The minimum Gasteiger partial charge on any atom is -0.342 e. The number of nitrogens with two attached hydrogens (primary N) is 1. The molecule has 2 aromatic rings. The first kappa shape index (κ1) is 16.0. The van der Waals surface area contributed by atoms with Crippen molar-refractivity contribution in [1.82, 2.24) is 14.9 Å². The number of piperidine rings is 1. The molecule has 0 saturated carbocycles. The predicted molar refractivity (Wildman–Crippen MR) is 92.1 cm³/mol. The molecule has 3 N–H and O–H groups in total. The third-order valence-electron chi connectivity index (χ3n) is 4.73. The number of hydrogen-bond donors (Lipinski definition) is 2. The molecule has 0 bridgehead atoms. The van der Waals surface area contributed by atoms with Crippen molar-refractivity contribution in [3.8, 4) is 0 Å². The van der Waals surface area contributed by atoms with Gasteiger partial charge in [-0.2, -0.15) is 0 Å². The number of benzene rings is 1. The van der Waals surface area contributed by atoms with E-state index in [2.05, 4.69) is 4.98 Å². The minimum absolute atomic E-state index is 0.0540. The molecule has 5 nitrogen and oxygen atoms in total. The molecule has 0 spiro atoms. The highest BCUT2D eigenvalue weighted by atomic mass is 16.2. The van der Waals surface area contributed by atoms with E-state index in [1.165, 1.54) is 0 Å². The largest absolute Gasteiger partial charge is 0.342 e. The third-order valence-corrected chi connectivity index (χ3v) is 4.73. The number of aromatic nitrogens is 2. The van der Waals surface area contributed by atoms with E-state index in [0.29, 0.717) is 6.54 Å². The maximum absolute atomic E-state index is 12.7. The predicted octanol–water partition coefficient (Wildman–Crippen LogP) is 2.64. The summed E-state index contributed by atoms with van der Waals surface area (Å²) in [5.74, 6) is 1.29. The summed E-state index contributed by atoms with van der Waals surface area (Å²) in [6.45, 7) is 7.52. The molecule has 0 radical (unpaired) electrons. The molecule has 3 rings (SSSR count). The fraction of sp³-hybridized carbons (Fsp3) is 0.556. The van der Waals surface area contributed by atoms with Crippen molar-refractivity contribution in [1.29, 1.82) is 0 Å². The monoisotopic (exact) mass is 314 g/mol. The maximum atomic E-state index is 12.7. The van der Waals surface area contributed by atoms with Crippen LogP contribution in [0, 0.1) is 5.41 Å². The molecule has 1 amide bonds. The second-order valence-corrected chi connectivity index (χ2v) is 7.61. The van der Waals surface area contributed by atoms with Crippen LogP contribution in [0.15, 0.2) is 24.3 Å². The number of carbonyl (C=O) groups excluding carboxylic acids is 1. The first-order chi connectivity index (χ1) is 10.9. The van der Waals surface area contributed by atoms with Crippen LogP contribution in [-0.4, -0.2) is 39.9 Å². The molecular weight excluding hydrogens is 288 g/mol. The Labute approximate surface area is 137 Å². The van der Waals surface area contributed by atoms with Crippen molar-refractivity contribution in [2.24, 2.45) is 11.1 Å². The van der Waals surface area contributed by atoms with Gasteiger partial charge in [-0.3, -0.25) is 4.79 Å². The number of aromatic amines is 1. The van der Waals surface area contributed by atoms with E-state index in [9.17, 15) is 4.79 Å². The summed E-state index contributed by atoms with van der Waals surface area (Å²) < 4.78 is 0. The van der Waals surface area contributed by atoms with Gasteiger partial charge in [-0.25, -0.2) is 4.98 Å². The summed E-state index contributed by atoms with van der Waals surface area (Å²) in [6, 6.07) is 7.58. The van der Waals surface area contributed by atoms with Gasteiger partial charge in [0.1, 0.15) is 5.82 Å². The second kappa shape index (κ2) is 5.96. The van der Waals surface area contributed by atoms with Gasteiger partial charge in [0.25, 0.3) is 0 Å². The molecular formula is C18H26N4O. The summed E-state index contributed by atoms with van der Waals surface area (Å²) in [5.41, 5.74) is 7.97. The number of para-hydroxylation sites is 2. The van der Waals surface area contributed by atoms with Crippen LogP contribution in [0.2, 0.25) is 0 Å². The molecule has 1 aromatic heterocycles. The zero-order valence-electron chi connectivity index (χ0n) is 14.2. The molecule has 2 atom stereocenters. The van der Waals surface area contributed by atoms with Gasteiger partial charge in [0.05, 0.1) is 17.1 Å². The molecule has 1 aliphatic heterocycles. The number of H-pyrrole nitrogens is 1. The van der Waals surface area contributed by atoms with Crippen LogP contribution in [-0.2, 0) is 4.79 Å². The Bertz CT molecular complexity index is 667. The lowest BCUT2D eigenvalue weighted by Gasteiger charge is -2.36. The van der Waals surface area contributed by atoms with Crippen LogP contribution >= 0.6 is 0 Å². The first-order valence-corrected chi connectivity index (χ1v) is 8.35. The van der Waals surface area contributed by atoms with E-state index < -0.39 is 6.04 Å². The SMILES string of the molecule is CC(C)(C)[C@H](N)C(=O)N1CCCC(c2nc3ccccc3[nH]2)C1. The van der Waals surface area contributed by atoms with Crippen molar-refractivity contribution >= 4 is 16.9 Å². The van der Waals surface area contributed by atoms with Gasteiger partial charge in [-0.1, -0.05) is 32.9 Å². The van der Waals surface area contributed by atoms with Crippen LogP contribution in [0.1, 0.15) is 45.4 Å². The Hall–Kier alpha value is -1.88. The van der Waals surface area contributed by atoms with Crippen LogP contribution in [0.25, 0.3) is 11.0 Å². The summed E-state index contributed by atoms with van der Waals surface area (Å²) >= 11 is 0. The Morgan fingerprint density at radius 3 is 2.83 bits per heavy atom. The second-order valence-electron chi connectivity index (χ2n) is 7.61. The third kappa shape index (κ3) is 3.24. The smallest absolute Gasteiger partial charge is 0.240 e. The Balaban J connectivity index is 1.76. The van der Waals surface area contributed by atoms with E-state index >= 15 is 0 Å². The van der Waals surface area contributed by atoms with Crippen LogP contribution < -0.4 is 5.73 Å². The highest BCUT2D eigenvalue weighted by Gasteiger charge is 2.34. The number of nitrogens with one attached hydrogen (secondary N) is 1. The average molecular weight is 314 g/mol.